The van der Waals surface area contributed by atoms with Gasteiger partial charge in [0.25, 0.3) is 5.91 Å². The third-order valence-electron chi connectivity index (χ3n) is 3.69. The van der Waals surface area contributed by atoms with Crippen LogP contribution in [-0.2, 0) is 12.6 Å². The zero-order valence-electron chi connectivity index (χ0n) is 14.4. The maximum absolute atomic E-state index is 12.5. The van der Waals surface area contributed by atoms with Crippen LogP contribution in [0.5, 0.6) is 5.75 Å². The number of halogens is 3. The Labute approximate surface area is 153 Å². The molecular formula is C18H20F3NO3S. The number of aliphatic hydroxyl groups excluding tert-OH is 1. The number of hydrogen-bond donors (Lipinski definition) is 2. The molecule has 1 atom stereocenters. The monoisotopic (exact) mass is 387 g/mol. The number of aryl methyl sites for hydroxylation is 2. The molecule has 0 spiro atoms. The fraction of sp³-hybridized carbons (Fsp3) is 0.389. The van der Waals surface area contributed by atoms with Gasteiger partial charge in [-0.2, -0.15) is 13.2 Å². The van der Waals surface area contributed by atoms with Crippen molar-refractivity contribution in [3.63, 3.8) is 0 Å². The van der Waals surface area contributed by atoms with Crippen LogP contribution < -0.4 is 10.1 Å². The number of hydrogen-bond acceptors (Lipinski definition) is 4. The fourth-order valence-corrected chi connectivity index (χ4v) is 3.30. The third-order valence-corrected chi connectivity index (χ3v) is 5.07. The number of nitrogens with one attached hydrogen (secondary N) is 1. The van der Waals surface area contributed by atoms with Crippen LogP contribution in [0.3, 0.4) is 0 Å². The molecule has 0 fully saturated rings. The zero-order chi connectivity index (χ0) is 19.3. The van der Waals surface area contributed by atoms with Crippen LogP contribution in [0.1, 0.15) is 32.6 Å². The van der Waals surface area contributed by atoms with Crippen molar-refractivity contribution in [3.8, 4) is 5.75 Å². The Kier molecular flexibility index (Phi) is 6.66. The molecule has 4 nitrogen and oxygen atoms in total. The van der Waals surface area contributed by atoms with E-state index in [1.54, 1.807) is 0 Å². The highest BCUT2D eigenvalue weighted by Gasteiger charge is 2.30. The highest BCUT2D eigenvalue weighted by molar-refractivity contribution is 7.14. The van der Waals surface area contributed by atoms with Gasteiger partial charge in [0.05, 0.1) is 10.4 Å². The maximum atomic E-state index is 12.5. The van der Waals surface area contributed by atoms with Crippen LogP contribution in [-0.4, -0.2) is 30.3 Å². The number of alkyl halides is 3. The molecule has 0 aliphatic rings. The van der Waals surface area contributed by atoms with E-state index in [0.717, 1.165) is 29.0 Å². The van der Waals surface area contributed by atoms with Crippen molar-refractivity contribution in [2.24, 2.45) is 0 Å². The molecular weight excluding hydrogens is 367 g/mol. The number of benzene rings is 1. The number of carbonyl (C=O) groups excluding carboxylic acids is 1. The highest BCUT2D eigenvalue weighted by atomic mass is 32.1. The first-order valence-corrected chi connectivity index (χ1v) is 8.88. The average Bonchev–Trinajstić information content (AvgIpc) is 2.98. The largest absolute Gasteiger partial charge is 0.491 e. The van der Waals surface area contributed by atoms with E-state index in [2.05, 4.69) is 5.32 Å². The second-order valence-electron chi connectivity index (χ2n) is 5.77. The summed E-state index contributed by atoms with van der Waals surface area (Å²) in [5, 5.41) is 12.5. The zero-order valence-corrected chi connectivity index (χ0v) is 15.2. The number of thiophene rings is 1. The molecule has 0 radical (unpaired) electrons. The lowest BCUT2D eigenvalue weighted by atomic mass is 10.2. The Morgan fingerprint density at radius 2 is 1.96 bits per heavy atom. The minimum atomic E-state index is -4.40. The highest BCUT2D eigenvalue weighted by Crippen LogP contribution is 2.30. The van der Waals surface area contributed by atoms with Gasteiger partial charge in [-0.3, -0.25) is 4.79 Å². The molecule has 142 valence electrons. The molecule has 0 saturated heterocycles. The summed E-state index contributed by atoms with van der Waals surface area (Å²) in [6.07, 6.45) is -4.53. The lowest BCUT2D eigenvalue weighted by Crippen LogP contribution is -2.35. The first-order chi connectivity index (χ1) is 12.2. The summed E-state index contributed by atoms with van der Waals surface area (Å²) in [5.41, 5.74) is 0.296. The Morgan fingerprint density at radius 3 is 2.50 bits per heavy atom. The average molecular weight is 387 g/mol. The van der Waals surface area contributed by atoms with Crippen molar-refractivity contribution in [1.82, 2.24) is 5.32 Å². The second-order valence-corrected chi connectivity index (χ2v) is 6.90. The summed E-state index contributed by atoms with van der Waals surface area (Å²) in [6.45, 7) is 3.80. The lowest BCUT2D eigenvalue weighted by molar-refractivity contribution is -0.137. The first-order valence-electron chi connectivity index (χ1n) is 8.06. The Balaban J connectivity index is 1.79. The predicted molar refractivity (Wildman–Crippen MR) is 93.7 cm³/mol. The second kappa shape index (κ2) is 8.55. The van der Waals surface area contributed by atoms with Gasteiger partial charge in [0.15, 0.2) is 0 Å². The Bertz CT molecular complexity index is 741. The van der Waals surface area contributed by atoms with Gasteiger partial charge in [0.2, 0.25) is 0 Å². The summed E-state index contributed by atoms with van der Waals surface area (Å²) < 4.78 is 42.7. The van der Waals surface area contributed by atoms with Gasteiger partial charge >= 0.3 is 6.18 Å². The van der Waals surface area contributed by atoms with Gasteiger partial charge in [-0.15, -0.1) is 11.3 Å². The van der Waals surface area contributed by atoms with Crippen LogP contribution in [0, 0.1) is 6.92 Å². The van der Waals surface area contributed by atoms with Crippen LogP contribution >= 0.6 is 11.3 Å². The van der Waals surface area contributed by atoms with E-state index in [9.17, 15) is 23.1 Å². The summed E-state index contributed by atoms with van der Waals surface area (Å²) >= 11 is 1.42. The van der Waals surface area contributed by atoms with Crippen molar-refractivity contribution in [1.29, 1.82) is 0 Å². The van der Waals surface area contributed by atoms with Crippen molar-refractivity contribution < 1.29 is 27.8 Å². The van der Waals surface area contributed by atoms with E-state index < -0.39 is 17.8 Å². The molecule has 0 saturated carbocycles. The summed E-state index contributed by atoms with van der Waals surface area (Å²) in [4.78, 5) is 13.8. The van der Waals surface area contributed by atoms with Gasteiger partial charge in [0, 0.05) is 11.4 Å². The van der Waals surface area contributed by atoms with Gasteiger partial charge in [-0.05, 0) is 49.2 Å². The molecule has 0 bridgehead atoms. The van der Waals surface area contributed by atoms with Crippen molar-refractivity contribution in [3.05, 3.63) is 51.2 Å². The van der Waals surface area contributed by atoms with Crippen molar-refractivity contribution in [2.45, 2.75) is 32.5 Å². The fourth-order valence-electron chi connectivity index (χ4n) is 2.27. The topological polar surface area (TPSA) is 58.6 Å². The van der Waals surface area contributed by atoms with Gasteiger partial charge in [-0.25, -0.2) is 0 Å². The third kappa shape index (κ3) is 5.47. The van der Waals surface area contributed by atoms with Gasteiger partial charge in [0.1, 0.15) is 18.5 Å². The molecule has 1 amide bonds. The molecule has 1 aromatic heterocycles. The summed E-state index contributed by atoms with van der Waals surface area (Å²) in [7, 11) is 0. The van der Waals surface area contributed by atoms with Gasteiger partial charge < -0.3 is 15.2 Å². The minimum Gasteiger partial charge on any atom is -0.491 e. The minimum absolute atomic E-state index is 0.0160. The SMILES string of the molecule is CCc1sc(C(=O)NC[C@H](O)COc2ccc(C(F)(F)F)cc2)cc1C. The normalized spacial score (nSPS) is 12.7. The molecule has 0 aliphatic heterocycles. The molecule has 2 rings (SSSR count). The molecule has 8 heteroatoms. The molecule has 1 heterocycles. The summed E-state index contributed by atoms with van der Waals surface area (Å²) in [5.74, 6) is -0.0591. The van der Waals surface area contributed by atoms with E-state index in [4.69, 9.17) is 4.74 Å². The van der Waals surface area contributed by atoms with E-state index in [0.29, 0.717) is 4.88 Å². The predicted octanol–water partition coefficient (Wildman–Crippen LogP) is 3.81. The molecule has 2 aromatic rings. The van der Waals surface area contributed by atoms with Crippen LogP contribution in [0.15, 0.2) is 30.3 Å². The van der Waals surface area contributed by atoms with E-state index in [-0.39, 0.29) is 24.8 Å². The van der Waals surface area contributed by atoms with E-state index in [1.165, 1.54) is 23.5 Å². The Morgan fingerprint density at radius 1 is 1.31 bits per heavy atom. The molecule has 2 N–H and O–H groups in total. The van der Waals surface area contributed by atoms with Crippen LogP contribution in [0.4, 0.5) is 13.2 Å². The maximum Gasteiger partial charge on any atom is 0.416 e. The number of aliphatic hydroxyl groups is 1. The number of amides is 1. The lowest BCUT2D eigenvalue weighted by Gasteiger charge is -2.13. The van der Waals surface area contributed by atoms with Crippen LogP contribution in [0.2, 0.25) is 0 Å². The molecule has 26 heavy (non-hydrogen) atoms. The Hall–Kier alpha value is -2.06. The summed E-state index contributed by atoms with van der Waals surface area (Å²) in [6, 6.07) is 6.01. The molecule has 0 aliphatic carbocycles. The number of ether oxygens (including phenoxy) is 1. The molecule has 0 unspecified atom stereocenters. The van der Waals surface area contributed by atoms with E-state index in [1.807, 2.05) is 19.9 Å². The van der Waals surface area contributed by atoms with Gasteiger partial charge in [-0.1, -0.05) is 6.92 Å². The molecule has 1 aromatic carbocycles. The smallest absolute Gasteiger partial charge is 0.416 e. The number of carbonyl (C=O) groups is 1. The van der Waals surface area contributed by atoms with E-state index >= 15 is 0 Å². The van der Waals surface area contributed by atoms with Crippen LogP contribution in [0.25, 0.3) is 0 Å². The van der Waals surface area contributed by atoms with Crippen molar-refractivity contribution >= 4 is 17.2 Å². The van der Waals surface area contributed by atoms with Crippen molar-refractivity contribution in [2.75, 3.05) is 13.2 Å². The standard InChI is InChI=1S/C18H20F3NO3S/c1-3-15-11(2)8-16(26-15)17(24)22-9-13(23)10-25-14-6-4-12(5-7-14)18(19,20)21/h4-8,13,23H,3,9-10H2,1-2H3,(H,22,24)/t13-/m0/s1. The number of rotatable bonds is 7. The first kappa shape index (κ1) is 20.3. The quantitative estimate of drug-likeness (QED) is 0.760.